The lowest BCUT2D eigenvalue weighted by Crippen LogP contribution is -2.27. The van der Waals surface area contributed by atoms with Gasteiger partial charge < -0.3 is 9.47 Å². The fourth-order valence-corrected chi connectivity index (χ4v) is 4.31. The predicted molar refractivity (Wildman–Crippen MR) is 131 cm³/mol. The Bertz CT molecular complexity index is 1120. The SMILES string of the molecule is C=CCN1C(=O)/C(=C/c2cc([N+](=O)[O-])ccc2OCCOc2cc(Cl)ccc2Cl)SC1=S. The van der Waals surface area contributed by atoms with Gasteiger partial charge in [0.15, 0.2) is 0 Å². The molecule has 0 unspecified atom stereocenters. The molecule has 1 fully saturated rings. The lowest BCUT2D eigenvalue weighted by molar-refractivity contribution is -0.384. The Morgan fingerprint density at radius 1 is 1.16 bits per heavy atom. The van der Waals surface area contributed by atoms with Crippen molar-refractivity contribution < 1.29 is 19.2 Å². The van der Waals surface area contributed by atoms with E-state index in [2.05, 4.69) is 6.58 Å². The van der Waals surface area contributed by atoms with Crippen molar-refractivity contribution >= 4 is 69.2 Å². The zero-order chi connectivity index (χ0) is 23.3. The lowest BCUT2D eigenvalue weighted by Gasteiger charge is -2.12. The molecular weight excluding hydrogens is 495 g/mol. The van der Waals surface area contributed by atoms with Crippen LogP contribution >= 0.6 is 47.2 Å². The zero-order valence-electron chi connectivity index (χ0n) is 16.5. The van der Waals surface area contributed by atoms with Crippen LogP contribution < -0.4 is 9.47 Å². The standard InChI is InChI=1S/C21H16Cl2N2O5S2/c1-2-7-24-20(26)19(32-21(24)31)11-13-10-15(25(27)28)4-6-17(13)29-8-9-30-18-12-14(22)3-5-16(18)23/h2-6,10-12H,1,7-9H2/b19-11-. The van der Waals surface area contributed by atoms with E-state index in [1.807, 2.05) is 0 Å². The molecule has 1 aliphatic heterocycles. The largest absolute Gasteiger partial charge is 0.489 e. The molecule has 0 saturated carbocycles. The molecule has 3 rings (SSSR count). The van der Waals surface area contributed by atoms with Gasteiger partial charge in [-0.1, -0.05) is 53.3 Å². The Balaban J connectivity index is 1.77. The van der Waals surface area contributed by atoms with Crippen LogP contribution in [0.5, 0.6) is 11.5 Å². The number of thioether (sulfide) groups is 1. The van der Waals surface area contributed by atoms with Gasteiger partial charge in [-0.15, -0.1) is 6.58 Å². The number of carbonyl (C=O) groups is 1. The first-order chi connectivity index (χ1) is 15.3. The Labute approximate surface area is 203 Å². The summed E-state index contributed by atoms with van der Waals surface area (Å²) < 4.78 is 11.7. The van der Waals surface area contributed by atoms with Crippen molar-refractivity contribution in [2.75, 3.05) is 19.8 Å². The highest BCUT2D eigenvalue weighted by Crippen LogP contribution is 2.35. The molecule has 1 aliphatic rings. The monoisotopic (exact) mass is 510 g/mol. The Morgan fingerprint density at radius 2 is 1.88 bits per heavy atom. The second-order valence-corrected chi connectivity index (χ2v) is 8.85. The summed E-state index contributed by atoms with van der Waals surface area (Å²) in [5.74, 6) is 0.472. The third kappa shape index (κ3) is 5.80. The molecular formula is C21H16Cl2N2O5S2. The molecule has 1 saturated heterocycles. The summed E-state index contributed by atoms with van der Waals surface area (Å²) in [6, 6.07) is 8.99. The number of thiocarbonyl (C=S) groups is 1. The van der Waals surface area contributed by atoms with Gasteiger partial charge in [0.05, 0.1) is 14.9 Å². The maximum absolute atomic E-state index is 12.6. The number of nitro groups is 1. The van der Waals surface area contributed by atoms with Crippen LogP contribution in [0, 0.1) is 10.1 Å². The van der Waals surface area contributed by atoms with Crippen molar-refractivity contribution in [1.82, 2.24) is 4.90 Å². The molecule has 7 nitrogen and oxygen atoms in total. The van der Waals surface area contributed by atoms with Gasteiger partial charge in [-0.25, -0.2) is 0 Å². The summed E-state index contributed by atoms with van der Waals surface area (Å²) in [5, 5.41) is 12.1. The van der Waals surface area contributed by atoms with E-state index < -0.39 is 4.92 Å². The van der Waals surface area contributed by atoms with Gasteiger partial charge in [0.2, 0.25) is 0 Å². The van der Waals surface area contributed by atoms with Crippen LogP contribution in [-0.4, -0.2) is 39.8 Å². The number of non-ortho nitro benzene ring substituents is 1. The number of halogens is 2. The van der Waals surface area contributed by atoms with Gasteiger partial charge in [0, 0.05) is 35.3 Å². The third-order valence-corrected chi connectivity index (χ3v) is 6.09. The van der Waals surface area contributed by atoms with Crippen molar-refractivity contribution in [3.63, 3.8) is 0 Å². The quantitative estimate of drug-likeness (QED) is 0.106. The summed E-state index contributed by atoms with van der Waals surface area (Å²) in [5.41, 5.74) is 0.242. The molecule has 0 radical (unpaired) electrons. The normalized spacial score (nSPS) is 14.7. The van der Waals surface area contributed by atoms with Gasteiger partial charge in [0.1, 0.15) is 29.0 Å². The predicted octanol–water partition coefficient (Wildman–Crippen LogP) is 5.75. The second kappa shape index (κ2) is 10.8. The van der Waals surface area contributed by atoms with Crippen LogP contribution in [0.4, 0.5) is 5.69 Å². The smallest absolute Gasteiger partial charge is 0.270 e. The molecule has 0 bridgehead atoms. The highest BCUT2D eigenvalue weighted by Gasteiger charge is 2.31. The zero-order valence-corrected chi connectivity index (χ0v) is 19.6. The highest BCUT2D eigenvalue weighted by atomic mass is 35.5. The number of hydrogen-bond donors (Lipinski definition) is 0. The summed E-state index contributed by atoms with van der Waals surface area (Å²) in [6.45, 7) is 4.17. The molecule has 32 heavy (non-hydrogen) atoms. The van der Waals surface area contributed by atoms with Crippen molar-refractivity contribution in [1.29, 1.82) is 0 Å². The minimum Gasteiger partial charge on any atom is -0.489 e. The highest BCUT2D eigenvalue weighted by molar-refractivity contribution is 8.26. The number of rotatable bonds is 9. The van der Waals surface area contributed by atoms with Crippen molar-refractivity contribution in [3.8, 4) is 11.5 Å². The fraction of sp³-hybridized carbons (Fsp3) is 0.143. The summed E-state index contributed by atoms with van der Waals surface area (Å²) >= 11 is 18.4. The summed E-state index contributed by atoms with van der Waals surface area (Å²) in [6.07, 6.45) is 3.10. The number of ether oxygens (including phenoxy) is 2. The topological polar surface area (TPSA) is 81.9 Å². The van der Waals surface area contributed by atoms with E-state index in [9.17, 15) is 14.9 Å². The van der Waals surface area contributed by atoms with Gasteiger partial charge >= 0.3 is 0 Å². The van der Waals surface area contributed by atoms with Gasteiger partial charge in [-0.05, 0) is 24.3 Å². The van der Waals surface area contributed by atoms with E-state index >= 15 is 0 Å². The maximum atomic E-state index is 12.6. The molecule has 0 aromatic heterocycles. The van der Waals surface area contributed by atoms with Gasteiger partial charge in [0.25, 0.3) is 11.6 Å². The maximum Gasteiger partial charge on any atom is 0.270 e. The first-order valence-corrected chi connectivity index (χ1v) is 11.1. The molecule has 2 aromatic rings. The molecule has 2 aromatic carbocycles. The van der Waals surface area contributed by atoms with Crippen molar-refractivity contribution in [3.05, 3.63) is 79.7 Å². The minimum absolute atomic E-state index is 0.124. The molecule has 0 atom stereocenters. The molecule has 11 heteroatoms. The van der Waals surface area contributed by atoms with Crippen LogP contribution in [-0.2, 0) is 4.79 Å². The first-order valence-electron chi connectivity index (χ1n) is 9.15. The number of hydrogen-bond acceptors (Lipinski definition) is 7. The van der Waals surface area contributed by atoms with E-state index in [4.69, 9.17) is 44.9 Å². The van der Waals surface area contributed by atoms with Crippen LogP contribution in [0.15, 0.2) is 54.0 Å². The summed E-state index contributed by atoms with van der Waals surface area (Å²) in [4.78, 5) is 25.0. The molecule has 0 N–H and O–H groups in total. The Morgan fingerprint density at radius 3 is 2.56 bits per heavy atom. The number of nitrogens with zero attached hydrogens (tertiary/aromatic N) is 2. The van der Waals surface area contributed by atoms with E-state index in [0.29, 0.717) is 36.3 Å². The van der Waals surface area contributed by atoms with E-state index in [0.717, 1.165) is 11.8 Å². The van der Waals surface area contributed by atoms with E-state index in [-0.39, 0.29) is 31.4 Å². The Hall–Kier alpha value is -2.59. The van der Waals surface area contributed by atoms with Gasteiger partial charge in [-0.2, -0.15) is 0 Å². The molecule has 1 heterocycles. The van der Waals surface area contributed by atoms with Crippen LogP contribution in [0.1, 0.15) is 5.56 Å². The number of benzene rings is 2. The van der Waals surface area contributed by atoms with Crippen molar-refractivity contribution in [2.24, 2.45) is 0 Å². The van der Waals surface area contributed by atoms with E-state index in [1.165, 1.54) is 29.2 Å². The lowest BCUT2D eigenvalue weighted by atomic mass is 10.1. The number of nitro benzene ring substituents is 1. The minimum atomic E-state index is -0.520. The number of carbonyl (C=O) groups excluding carboxylic acids is 1. The van der Waals surface area contributed by atoms with Gasteiger partial charge in [-0.3, -0.25) is 19.8 Å². The molecule has 0 spiro atoms. The molecule has 1 amide bonds. The Kier molecular flexibility index (Phi) is 8.14. The average molecular weight is 511 g/mol. The second-order valence-electron chi connectivity index (χ2n) is 6.33. The van der Waals surface area contributed by atoms with Crippen LogP contribution in [0.2, 0.25) is 10.0 Å². The molecule has 166 valence electrons. The van der Waals surface area contributed by atoms with Crippen LogP contribution in [0.25, 0.3) is 6.08 Å². The number of amides is 1. The average Bonchev–Trinajstić information content (AvgIpc) is 3.02. The fourth-order valence-electron chi connectivity index (χ4n) is 2.71. The molecule has 0 aliphatic carbocycles. The first kappa shape index (κ1) is 24.1. The third-order valence-electron chi connectivity index (χ3n) is 4.17. The van der Waals surface area contributed by atoms with Crippen molar-refractivity contribution in [2.45, 2.75) is 0 Å². The van der Waals surface area contributed by atoms with E-state index in [1.54, 1.807) is 24.3 Å². The summed E-state index contributed by atoms with van der Waals surface area (Å²) in [7, 11) is 0. The van der Waals surface area contributed by atoms with Crippen LogP contribution in [0.3, 0.4) is 0 Å².